The van der Waals surface area contributed by atoms with Crippen LogP contribution in [0.15, 0.2) is 123 Å². The van der Waals surface area contributed by atoms with E-state index in [9.17, 15) is 14.4 Å². The van der Waals surface area contributed by atoms with Gasteiger partial charge in [0.15, 0.2) is 18.2 Å². The number of rotatable bonds is 13. The van der Waals surface area contributed by atoms with Gasteiger partial charge in [0, 0.05) is 48.6 Å². The van der Waals surface area contributed by atoms with E-state index >= 15 is 0 Å². The van der Waals surface area contributed by atoms with E-state index in [-0.39, 0.29) is 29.7 Å². The first-order valence-corrected chi connectivity index (χ1v) is 14.7. The molecule has 0 unspecified atom stereocenters. The van der Waals surface area contributed by atoms with Crippen molar-refractivity contribution in [2.45, 2.75) is 28.0 Å². The second-order valence-electron chi connectivity index (χ2n) is 8.74. The Labute approximate surface area is 247 Å². The molecular formula is C32H26ClNO4S2. The van der Waals surface area contributed by atoms with Gasteiger partial charge >= 0.3 is 0 Å². The molecule has 0 saturated carbocycles. The van der Waals surface area contributed by atoms with Crippen LogP contribution in [0.1, 0.15) is 39.6 Å². The van der Waals surface area contributed by atoms with Gasteiger partial charge in [-0.3, -0.25) is 14.4 Å². The quantitative estimate of drug-likeness (QED) is 0.0682. The number of oxime groups is 1. The number of hydrogen-bond donors (Lipinski definition) is 0. The van der Waals surface area contributed by atoms with Crippen LogP contribution >= 0.6 is 35.1 Å². The van der Waals surface area contributed by atoms with E-state index in [1.807, 2.05) is 78.9 Å². The summed E-state index contributed by atoms with van der Waals surface area (Å²) in [4.78, 5) is 45.2. The summed E-state index contributed by atoms with van der Waals surface area (Å²) in [5.41, 5.74) is 2.02. The van der Waals surface area contributed by atoms with Gasteiger partial charge < -0.3 is 4.84 Å². The Morgan fingerprint density at radius 1 is 0.725 bits per heavy atom. The molecular weight excluding hydrogens is 562 g/mol. The van der Waals surface area contributed by atoms with Crippen LogP contribution in [-0.4, -0.2) is 35.4 Å². The lowest BCUT2D eigenvalue weighted by Crippen LogP contribution is -2.17. The molecule has 0 amide bonds. The minimum absolute atomic E-state index is 0.0173. The molecule has 0 aliphatic heterocycles. The topological polar surface area (TPSA) is 72.8 Å². The van der Waals surface area contributed by atoms with Gasteiger partial charge in [-0.1, -0.05) is 58.9 Å². The molecule has 0 saturated heterocycles. The third-order valence-electron chi connectivity index (χ3n) is 5.63. The van der Waals surface area contributed by atoms with Gasteiger partial charge in [-0.15, -0.1) is 11.8 Å². The van der Waals surface area contributed by atoms with Crippen LogP contribution in [0.4, 0.5) is 0 Å². The number of carbonyl (C=O) groups is 3. The Balaban J connectivity index is 1.39. The zero-order valence-electron chi connectivity index (χ0n) is 21.7. The zero-order valence-corrected chi connectivity index (χ0v) is 24.1. The highest BCUT2D eigenvalue weighted by Gasteiger charge is 2.16. The maximum Gasteiger partial charge on any atom is 0.210 e. The Kier molecular flexibility index (Phi) is 10.7. The standard InChI is InChI=1S/C32H26ClNO4S2/c1-22(35)21-38-34-30(19-20-39-27-17-11-26(33)12-18-27)32(37)25-9-15-29(16-10-25)40-28-13-7-24(8-14-28)31(36)23-5-3-2-4-6-23/h2-18H,19-21H2,1H3/b34-30+. The van der Waals surface area contributed by atoms with Crippen LogP contribution in [-0.2, 0) is 9.63 Å². The van der Waals surface area contributed by atoms with Gasteiger partial charge in [0.25, 0.3) is 0 Å². The summed E-state index contributed by atoms with van der Waals surface area (Å²) < 4.78 is 0. The van der Waals surface area contributed by atoms with Crippen LogP contribution in [0, 0.1) is 0 Å². The van der Waals surface area contributed by atoms with E-state index in [0.29, 0.717) is 33.9 Å². The first-order valence-electron chi connectivity index (χ1n) is 12.5. The SMILES string of the molecule is CC(=O)CO/N=C(\CCSc1ccc(Cl)cc1)C(=O)c1ccc(Sc2ccc(C(=O)c3ccccc3)cc2)cc1. The second kappa shape index (κ2) is 14.7. The number of halogens is 1. The molecule has 4 rings (SSSR count). The number of Topliss-reactive ketones (excluding diaryl/α,β-unsaturated/α-hetero) is 2. The fourth-order valence-corrected chi connectivity index (χ4v) is 5.41. The van der Waals surface area contributed by atoms with Crippen LogP contribution in [0.3, 0.4) is 0 Å². The predicted molar refractivity (Wildman–Crippen MR) is 162 cm³/mol. The minimum atomic E-state index is -0.249. The highest BCUT2D eigenvalue weighted by atomic mass is 35.5. The van der Waals surface area contributed by atoms with Crippen LogP contribution in [0.2, 0.25) is 5.02 Å². The molecule has 5 nitrogen and oxygen atoms in total. The van der Waals surface area contributed by atoms with E-state index in [1.54, 1.807) is 36.0 Å². The van der Waals surface area contributed by atoms with Crippen molar-refractivity contribution in [3.63, 3.8) is 0 Å². The van der Waals surface area contributed by atoms with Crippen molar-refractivity contribution in [3.05, 3.63) is 125 Å². The third-order valence-corrected chi connectivity index (χ3v) is 7.91. The number of ketones is 3. The molecule has 0 N–H and O–H groups in total. The van der Waals surface area contributed by atoms with Gasteiger partial charge in [-0.25, -0.2) is 0 Å². The summed E-state index contributed by atoms with van der Waals surface area (Å²) in [6.07, 6.45) is 0.370. The number of thioether (sulfide) groups is 1. The molecule has 4 aromatic carbocycles. The molecule has 0 bridgehead atoms. The lowest BCUT2D eigenvalue weighted by Gasteiger charge is -2.08. The minimum Gasteiger partial charge on any atom is -0.387 e. The summed E-state index contributed by atoms with van der Waals surface area (Å²) in [6, 6.07) is 31.4. The van der Waals surface area contributed by atoms with Crippen molar-refractivity contribution in [1.29, 1.82) is 0 Å². The molecule has 0 spiro atoms. The molecule has 0 fully saturated rings. The second-order valence-corrected chi connectivity index (χ2v) is 11.5. The van der Waals surface area contributed by atoms with Gasteiger partial charge in [0.1, 0.15) is 5.71 Å². The Morgan fingerprint density at radius 2 is 1.27 bits per heavy atom. The van der Waals surface area contributed by atoms with E-state index < -0.39 is 0 Å². The summed E-state index contributed by atoms with van der Waals surface area (Å²) in [7, 11) is 0. The van der Waals surface area contributed by atoms with Crippen LogP contribution in [0.25, 0.3) is 0 Å². The lowest BCUT2D eigenvalue weighted by molar-refractivity contribution is -0.121. The average Bonchev–Trinajstić information content (AvgIpc) is 2.98. The van der Waals surface area contributed by atoms with E-state index in [4.69, 9.17) is 16.4 Å². The van der Waals surface area contributed by atoms with Crippen molar-refractivity contribution < 1.29 is 19.2 Å². The molecule has 0 radical (unpaired) electrons. The van der Waals surface area contributed by atoms with Crippen LogP contribution < -0.4 is 0 Å². The molecule has 0 aliphatic carbocycles. The maximum atomic E-state index is 13.2. The molecule has 0 aromatic heterocycles. The fraction of sp³-hybridized carbons (Fsp3) is 0.125. The smallest absolute Gasteiger partial charge is 0.210 e. The molecule has 0 heterocycles. The summed E-state index contributed by atoms with van der Waals surface area (Å²) in [6.45, 7) is 1.21. The fourth-order valence-electron chi connectivity index (χ4n) is 3.61. The number of nitrogens with zero attached hydrogens (tertiary/aromatic N) is 1. The van der Waals surface area contributed by atoms with Crippen molar-refractivity contribution in [2.75, 3.05) is 12.4 Å². The van der Waals surface area contributed by atoms with Crippen molar-refractivity contribution in [2.24, 2.45) is 5.16 Å². The number of carbonyl (C=O) groups excluding carboxylic acids is 3. The summed E-state index contributed by atoms with van der Waals surface area (Å²) in [5.74, 6) is 0.161. The molecule has 202 valence electrons. The summed E-state index contributed by atoms with van der Waals surface area (Å²) >= 11 is 9.06. The monoisotopic (exact) mass is 587 g/mol. The Bertz CT molecular complexity index is 1490. The van der Waals surface area contributed by atoms with Gasteiger partial charge in [-0.2, -0.15) is 0 Å². The van der Waals surface area contributed by atoms with Crippen molar-refractivity contribution >= 4 is 58.2 Å². The Morgan fingerprint density at radius 3 is 1.88 bits per heavy atom. The van der Waals surface area contributed by atoms with Crippen LogP contribution in [0.5, 0.6) is 0 Å². The van der Waals surface area contributed by atoms with Gasteiger partial charge in [0.05, 0.1) is 0 Å². The van der Waals surface area contributed by atoms with Gasteiger partial charge in [0.2, 0.25) is 5.78 Å². The molecule has 0 aliphatic rings. The molecule has 8 heteroatoms. The highest BCUT2D eigenvalue weighted by molar-refractivity contribution is 7.99. The van der Waals surface area contributed by atoms with E-state index in [2.05, 4.69) is 5.16 Å². The van der Waals surface area contributed by atoms with E-state index in [1.165, 1.54) is 18.7 Å². The first kappa shape index (κ1) is 29.3. The normalized spacial score (nSPS) is 11.2. The van der Waals surface area contributed by atoms with Gasteiger partial charge in [-0.05, 0) is 79.7 Å². The van der Waals surface area contributed by atoms with Crippen molar-refractivity contribution in [3.8, 4) is 0 Å². The summed E-state index contributed by atoms with van der Waals surface area (Å²) in [5, 5.41) is 4.66. The van der Waals surface area contributed by atoms with Crippen molar-refractivity contribution in [1.82, 2.24) is 0 Å². The Hall–Kier alpha value is -3.65. The zero-order chi connectivity index (χ0) is 28.3. The maximum absolute atomic E-state index is 13.2. The third kappa shape index (κ3) is 8.68. The highest BCUT2D eigenvalue weighted by Crippen LogP contribution is 2.29. The van der Waals surface area contributed by atoms with E-state index in [0.717, 1.165) is 14.7 Å². The molecule has 40 heavy (non-hydrogen) atoms. The average molecular weight is 588 g/mol. The predicted octanol–water partition coefficient (Wildman–Crippen LogP) is 8.05. The molecule has 0 atom stereocenters. The number of benzene rings is 4. The first-order chi connectivity index (χ1) is 19.4. The molecule has 4 aromatic rings. The lowest BCUT2D eigenvalue weighted by atomic mass is 10.0. The largest absolute Gasteiger partial charge is 0.387 e. The number of hydrogen-bond acceptors (Lipinski definition) is 7.